The lowest BCUT2D eigenvalue weighted by atomic mass is 9.81. The van der Waals surface area contributed by atoms with Gasteiger partial charge in [0, 0.05) is 79.1 Å². The highest BCUT2D eigenvalue weighted by atomic mass is 15.2. The zero-order valence-corrected chi connectivity index (χ0v) is 62.4. The van der Waals surface area contributed by atoms with Crippen LogP contribution in [0.5, 0.6) is 0 Å². The van der Waals surface area contributed by atoms with Gasteiger partial charge in [-0.2, -0.15) is 0 Å². The highest BCUT2D eigenvalue weighted by Gasteiger charge is 2.38. The first-order valence-electron chi connectivity index (χ1n) is 37.7. The van der Waals surface area contributed by atoms with Crippen molar-refractivity contribution in [3.8, 4) is 33.4 Å². The second-order valence-corrected chi connectivity index (χ2v) is 30.0. The molecule has 0 bridgehead atoms. The quantitative estimate of drug-likeness (QED) is 0.0748. The molecule has 0 spiro atoms. The minimum Gasteiger partial charge on any atom is -0.310 e. The molecule has 0 saturated carbocycles. The van der Waals surface area contributed by atoms with Gasteiger partial charge in [0.05, 0.1) is 0 Å². The Labute approximate surface area is 637 Å². The zero-order valence-electron chi connectivity index (χ0n) is 62.4. The Bertz CT molecular complexity index is 5760. The van der Waals surface area contributed by atoms with E-state index in [0.29, 0.717) is 0 Å². The average Bonchev–Trinajstić information content (AvgIpc) is 1.57. The smallest absolute Gasteiger partial charge is 0.0493 e. The minimum atomic E-state index is -0.202. The van der Waals surface area contributed by atoms with Crippen LogP contribution in [0.3, 0.4) is 0 Å². The van der Waals surface area contributed by atoms with Crippen LogP contribution in [-0.2, 0) is 17.3 Å². The summed E-state index contributed by atoms with van der Waals surface area (Å²) in [6.07, 6.45) is 9.78. The van der Waals surface area contributed by atoms with Crippen LogP contribution in [0.1, 0.15) is 100 Å². The molecule has 2 aliphatic carbocycles. The van der Waals surface area contributed by atoms with Gasteiger partial charge in [0.1, 0.15) is 0 Å². The number of nitrogens with zero attached hydrogens (tertiary/aromatic N) is 4. The average molecular weight is 1390 g/mol. The van der Waals surface area contributed by atoms with Crippen LogP contribution < -0.4 is 19.6 Å². The Kier molecular flexibility index (Phi) is 18.2. The molecule has 0 aromatic heterocycles. The summed E-state index contributed by atoms with van der Waals surface area (Å²) in [5.74, 6) is 0. The first kappa shape index (κ1) is 68.1. The Balaban J connectivity index is 0.630. The molecule has 15 aromatic rings. The lowest BCUT2D eigenvalue weighted by Crippen LogP contribution is -2.16. The van der Waals surface area contributed by atoms with E-state index in [4.69, 9.17) is 0 Å². The normalized spacial score (nSPS) is 12.9. The van der Waals surface area contributed by atoms with Crippen molar-refractivity contribution in [1.29, 1.82) is 0 Å². The van der Waals surface area contributed by atoms with Gasteiger partial charge in [0.15, 0.2) is 0 Å². The van der Waals surface area contributed by atoms with Crippen LogP contribution in [0.4, 0.5) is 68.2 Å². The SMILES string of the molecule is Cc1cc(Cc2ccc(C)c(N(c3ccc(C=Cc4ccc5c(c4)C(C)(C)c4cc(N(c6ccccc6)c6ccccc6)ccc4-5)cc3)c3ccc(-c4ccccc4)cc3)c2)cc(N(c2ccc(C=Cc3ccc4c(c3)C(C)(C)c3cc(N(c5ccccc5)c5ccccc5)ccc3-4)cc2)c2ccccc2C)c1. The summed E-state index contributed by atoms with van der Waals surface area (Å²) in [4.78, 5) is 9.57. The fraction of sp³-hybridized carbons (Fsp3) is 0.0962. The van der Waals surface area contributed by atoms with Gasteiger partial charge in [-0.25, -0.2) is 0 Å². The number of hydrogen-bond donors (Lipinski definition) is 0. The number of benzene rings is 15. The topological polar surface area (TPSA) is 13.0 Å². The number of hydrogen-bond acceptors (Lipinski definition) is 4. The molecule has 4 heteroatoms. The number of anilines is 12. The fourth-order valence-corrected chi connectivity index (χ4v) is 16.4. The van der Waals surface area contributed by atoms with Gasteiger partial charge in [-0.05, 0) is 266 Å². The Morgan fingerprint density at radius 3 is 1.03 bits per heavy atom. The molecule has 0 aliphatic heterocycles. The molecule has 0 fully saturated rings. The van der Waals surface area contributed by atoms with Gasteiger partial charge in [-0.1, -0.05) is 276 Å². The van der Waals surface area contributed by atoms with Crippen molar-refractivity contribution in [2.75, 3.05) is 19.6 Å². The molecule has 0 saturated heterocycles. The highest BCUT2D eigenvalue weighted by Crippen LogP contribution is 2.54. The third-order valence-electron chi connectivity index (χ3n) is 22.1. The monoisotopic (exact) mass is 1390 g/mol. The fourth-order valence-electron chi connectivity index (χ4n) is 16.4. The number of fused-ring (bicyclic) bond motifs is 6. The maximum absolute atomic E-state index is 2.43. The lowest BCUT2D eigenvalue weighted by Gasteiger charge is -2.28. The Morgan fingerprint density at radius 2 is 0.574 bits per heavy atom. The second kappa shape index (κ2) is 28.8. The van der Waals surface area contributed by atoms with Crippen molar-refractivity contribution < 1.29 is 0 Å². The molecular formula is C104H86N4. The molecule has 0 atom stereocenters. The summed E-state index contributed by atoms with van der Waals surface area (Å²) in [5, 5.41) is 0. The largest absolute Gasteiger partial charge is 0.310 e. The number of aryl methyl sites for hydroxylation is 3. The third kappa shape index (κ3) is 13.3. The Morgan fingerprint density at radius 1 is 0.231 bits per heavy atom. The van der Waals surface area contributed by atoms with Crippen LogP contribution in [0.15, 0.2) is 358 Å². The van der Waals surface area contributed by atoms with Crippen molar-refractivity contribution in [1.82, 2.24) is 0 Å². The van der Waals surface area contributed by atoms with E-state index in [-0.39, 0.29) is 10.8 Å². The van der Waals surface area contributed by atoms with Gasteiger partial charge in [0.2, 0.25) is 0 Å². The zero-order chi connectivity index (χ0) is 73.5. The molecule has 0 radical (unpaired) electrons. The summed E-state index contributed by atoms with van der Waals surface area (Å²) in [6, 6.07) is 131. The van der Waals surface area contributed by atoms with E-state index in [1.807, 2.05) is 0 Å². The standard InChI is InChI=1S/C104H86N4/c1-72-63-80(66-92(64-72)108(101-36-24-23-25-73(101)2)88-53-45-76(46-54-88)40-42-78-48-60-94-96-62-58-91(71-100(96)104(6,7)98(94)68-78)106(85-32-19-11-20-33-85)86-34-21-12-22-35-86)65-79-38-37-74(3)102(69-79)107(89-55-49-82(50-56-89)81-26-13-8-14-27-81)87-51-43-75(44-52-87)39-41-77-47-59-93-95-61-57-90(70-99(95)103(4,5)97(93)67-77)105(83-28-15-9-16-29-83)84-30-17-10-18-31-84/h8-64,66-71H,65H2,1-7H3. The molecule has 0 unspecified atom stereocenters. The minimum absolute atomic E-state index is 0.197. The van der Waals surface area contributed by atoms with E-state index in [1.165, 1.54) is 94.6 Å². The van der Waals surface area contributed by atoms with Crippen molar-refractivity contribution in [2.45, 2.75) is 65.7 Å². The van der Waals surface area contributed by atoms with Crippen LogP contribution in [0.25, 0.3) is 57.7 Å². The third-order valence-corrected chi connectivity index (χ3v) is 22.1. The van der Waals surface area contributed by atoms with Gasteiger partial charge in [-0.3, -0.25) is 0 Å². The summed E-state index contributed by atoms with van der Waals surface area (Å²) in [7, 11) is 0. The van der Waals surface area contributed by atoms with Crippen LogP contribution in [0, 0.1) is 20.8 Å². The van der Waals surface area contributed by atoms with Crippen LogP contribution in [-0.4, -0.2) is 0 Å². The number of para-hydroxylation sites is 5. The first-order valence-corrected chi connectivity index (χ1v) is 37.7. The van der Waals surface area contributed by atoms with Crippen molar-refractivity contribution in [2.24, 2.45) is 0 Å². The van der Waals surface area contributed by atoms with E-state index in [9.17, 15) is 0 Å². The maximum Gasteiger partial charge on any atom is 0.0493 e. The molecular weight excluding hydrogens is 1310 g/mol. The van der Waals surface area contributed by atoms with E-state index < -0.39 is 0 Å². The maximum atomic E-state index is 2.43. The molecule has 0 amide bonds. The summed E-state index contributed by atoms with van der Waals surface area (Å²) < 4.78 is 0. The van der Waals surface area contributed by atoms with E-state index in [0.717, 1.165) is 85.8 Å². The summed E-state index contributed by atoms with van der Waals surface area (Å²) in [6.45, 7) is 16.2. The van der Waals surface area contributed by atoms with Crippen LogP contribution in [0.2, 0.25) is 0 Å². The summed E-state index contributed by atoms with van der Waals surface area (Å²) >= 11 is 0. The molecule has 0 N–H and O–H groups in total. The van der Waals surface area contributed by atoms with Gasteiger partial charge in [-0.15, -0.1) is 0 Å². The van der Waals surface area contributed by atoms with Crippen molar-refractivity contribution in [3.05, 3.63) is 430 Å². The second-order valence-electron chi connectivity index (χ2n) is 30.0. The molecule has 2 aliphatic rings. The van der Waals surface area contributed by atoms with E-state index in [2.05, 4.69) is 450 Å². The predicted molar refractivity (Wildman–Crippen MR) is 460 cm³/mol. The molecule has 15 aromatic carbocycles. The van der Waals surface area contributed by atoms with E-state index in [1.54, 1.807) is 0 Å². The van der Waals surface area contributed by atoms with Gasteiger partial charge >= 0.3 is 0 Å². The van der Waals surface area contributed by atoms with Crippen molar-refractivity contribution >= 4 is 92.6 Å². The lowest BCUT2D eigenvalue weighted by molar-refractivity contribution is 0.660. The first-order chi connectivity index (χ1) is 52.7. The molecule has 0 heterocycles. The summed E-state index contributed by atoms with van der Waals surface area (Å²) in [5.41, 5.74) is 36.8. The van der Waals surface area contributed by atoms with Crippen LogP contribution >= 0.6 is 0 Å². The van der Waals surface area contributed by atoms with Gasteiger partial charge in [0.25, 0.3) is 0 Å². The molecule has 522 valence electrons. The number of rotatable bonds is 19. The molecule has 108 heavy (non-hydrogen) atoms. The van der Waals surface area contributed by atoms with Crippen molar-refractivity contribution in [3.63, 3.8) is 0 Å². The Hall–Kier alpha value is -13.0. The molecule has 4 nitrogen and oxygen atoms in total. The van der Waals surface area contributed by atoms with E-state index >= 15 is 0 Å². The predicted octanol–water partition coefficient (Wildman–Crippen LogP) is 28.7. The molecule has 17 rings (SSSR count). The highest BCUT2D eigenvalue weighted by molar-refractivity contribution is 5.90. The van der Waals surface area contributed by atoms with Gasteiger partial charge < -0.3 is 19.6 Å².